The highest BCUT2D eigenvalue weighted by Crippen LogP contribution is 2.42. The van der Waals surface area contributed by atoms with Crippen LogP contribution in [0.5, 0.6) is 0 Å². The molecule has 10 rings (SSSR count). The molecule has 10 aromatic rings. The van der Waals surface area contributed by atoms with Gasteiger partial charge in [0.25, 0.3) is 0 Å². The van der Waals surface area contributed by atoms with E-state index in [1.807, 2.05) is 0 Å². The quantitative estimate of drug-likeness (QED) is 0.176. The van der Waals surface area contributed by atoms with Crippen molar-refractivity contribution in [1.29, 1.82) is 0 Å². The second kappa shape index (κ2) is 12.5. The van der Waals surface area contributed by atoms with E-state index in [0.717, 1.165) is 44.7 Å². The Morgan fingerprint density at radius 3 is 1.65 bits per heavy atom. The standard InChI is InChI=1S/C50H33NO/c1-2-11-34(12-3-1)39-16-8-17-42(33-39)51(40-28-23-37(24-29-40)44-20-9-15-35-13-4-6-18-43(35)44)41-30-25-38(26-31-41)46-21-10-22-47-49-45-19-7-5-14-36(45)27-32-48(49)52-50(46)47/h1-33H. The zero-order valence-electron chi connectivity index (χ0n) is 28.4. The van der Waals surface area contributed by atoms with Crippen molar-refractivity contribution >= 4 is 60.5 Å². The summed E-state index contributed by atoms with van der Waals surface area (Å²) in [6.07, 6.45) is 0. The molecule has 0 atom stereocenters. The fourth-order valence-electron chi connectivity index (χ4n) is 7.76. The minimum Gasteiger partial charge on any atom is -0.455 e. The molecule has 1 heterocycles. The van der Waals surface area contributed by atoms with Crippen LogP contribution in [0.3, 0.4) is 0 Å². The summed E-state index contributed by atoms with van der Waals surface area (Å²) in [6, 6.07) is 71.6. The maximum Gasteiger partial charge on any atom is 0.143 e. The lowest BCUT2D eigenvalue weighted by molar-refractivity contribution is 0.670. The fraction of sp³-hybridized carbons (Fsp3) is 0. The highest BCUT2D eigenvalue weighted by molar-refractivity contribution is 6.20. The highest BCUT2D eigenvalue weighted by atomic mass is 16.3. The number of para-hydroxylation sites is 1. The van der Waals surface area contributed by atoms with Crippen molar-refractivity contribution in [3.05, 3.63) is 200 Å². The first kappa shape index (κ1) is 30.0. The summed E-state index contributed by atoms with van der Waals surface area (Å²) >= 11 is 0. The Labute approximate surface area is 302 Å². The Balaban J connectivity index is 1.08. The summed E-state index contributed by atoms with van der Waals surface area (Å²) in [5.41, 5.74) is 12.1. The Kier molecular flexibility index (Phi) is 7.18. The lowest BCUT2D eigenvalue weighted by Crippen LogP contribution is -2.10. The average Bonchev–Trinajstić information content (AvgIpc) is 3.62. The van der Waals surface area contributed by atoms with Crippen LogP contribution in [0.4, 0.5) is 17.1 Å². The minimum atomic E-state index is 0.911. The van der Waals surface area contributed by atoms with Crippen molar-refractivity contribution in [3.63, 3.8) is 0 Å². The number of furan rings is 1. The van der Waals surface area contributed by atoms with E-state index in [-0.39, 0.29) is 0 Å². The zero-order chi connectivity index (χ0) is 34.4. The fourth-order valence-corrected chi connectivity index (χ4v) is 7.76. The predicted octanol–water partition coefficient (Wildman–Crippen LogP) is 14.4. The molecule has 0 aliphatic heterocycles. The van der Waals surface area contributed by atoms with Crippen LogP contribution in [0, 0.1) is 0 Å². The third kappa shape index (κ3) is 5.12. The predicted molar refractivity (Wildman–Crippen MR) is 220 cm³/mol. The van der Waals surface area contributed by atoms with E-state index in [0.29, 0.717) is 0 Å². The van der Waals surface area contributed by atoms with Gasteiger partial charge in [0.1, 0.15) is 11.2 Å². The van der Waals surface area contributed by atoms with Gasteiger partial charge in [-0.1, -0.05) is 158 Å². The number of benzene rings is 9. The van der Waals surface area contributed by atoms with Crippen molar-refractivity contribution in [1.82, 2.24) is 0 Å². The highest BCUT2D eigenvalue weighted by Gasteiger charge is 2.17. The SMILES string of the molecule is c1ccc(-c2cccc(N(c3ccc(-c4cccc5ccccc45)cc3)c3ccc(-c4cccc5c4oc4ccc6ccccc6c45)cc3)c2)cc1. The Bertz CT molecular complexity index is 2880. The van der Waals surface area contributed by atoms with Gasteiger partial charge in [0.2, 0.25) is 0 Å². The van der Waals surface area contributed by atoms with E-state index in [1.165, 1.54) is 49.2 Å². The maximum absolute atomic E-state index is 6.58. The molecule has 0 aliphatic carbocycles. The van der Waals surface area contributed by atoms with Crippen LogP contribution in [0.2, 0.25) is 0 Å². The van der Waals surface area contributed by atoms with Gasteiger partial charge in [-0.3, -0.25) is 0 Å². The first-order valence-corrected chi connectivity index (χ1v) is 17.8. The molecule has 2 nitrogen and oxygen atoms in total. The summed E-state index contributed by atoms with van der Waals surface area (Å²) in [7, 11) is 0. The average molecular weight is 664 g/mol. The molecule has 0 N–H and O–H groups in total. The molecule has 244 valence electrons. The number of hydrogen-bond donors (Lipinski definition) is 0. The third-order valence-electron chi connectivity index (χ3n) is 10.3. The normalized spacial score (nSPS) is 11.5. The van der Waals surface area contributed by atoms with E-state index >= 15 is 0 Å². The van der Waals surface area contributed by atoms with Crippen molar-refractivity contribution in [2.45, 2.75) is 0 Å². The van der Waals surface area contributed by atoms with Gasteiger partial charge in [0.15, 0.2) is 0 Å². The molecule has 0 saturated heterocycles. The van der Waals surface area contributed by atoms with Gasteiger partial charge in [-0.15, -0.1) is 0 Å². The van der Waals surface area contributed by atoms with Crippen molar-refractivity contribution < 1.29 is 4.42 Å². The van der Waals surface area contributed by atoms with Crippen molar-refractivity contribution in [2.75, 3.05) is 4.90 Å². The van der Waals surface area contributed by atoms with Gasteiger partial charge in [-0.25, -0.2) is 0 Å². The lowest BCUT2D eigenvalue weighted by atomic mass is 9.98. The minimum absolute atomic E-state index is 0.911. The third-order valence-corrected chi connectivity index (χ3v) is 10.3. The summed E-state index contributed by atoms with van der Waals surface area (Å²) in [5.74, 6) is 0. The molecule has 0 fully saturated rings. The summed E-state index contributed by atoms with van der Waals surface area (Å²) in [4.78, 5) is 2.34. The van der Waals surface area contributed by atoms with Crippen molar-refractivity contribution in [3.8, 4) is 33.4 Å². The first-order valence-electron chi connectivity index (χ1n) is 17.8. The van der Waals surface area contributed by atoms with Gasteiger partial charge in [-0.05, 0) is 91.8 Å². The van der Waals surface area contributed by atoms with Crippen LogP contribution < -0.4 is 4.90 Å². The van der Waals surface area contributed by atoms with Crippen LogP contribution in [0.25, 0.3) is 76.9 Å². The van der Waals surface area contributed by atoms with E-state index < -0.39 is 0 Å². The molecule has 1 aromatic heterocycles. The first-order chi connectivity index (χ1) is 25.8. The number of anilines is 3. The second-order valence-electron chi connectivity index (χ2n) is 13.3. The molecule has 0 spiro atoms. The van der Waals surface area contributed by atoms with Crippen LogP contribution in [-0.4, -0.2) is 0 Å². The van der Waals surface area contributed by atoms with Crippen LogP contribution in [0.15, 0.2) is 205 Å². The molecule has 0 radical (unpaired) electrons. The second-order valence-corrected chi connectivity index (χ2v) is 13.3. The molecule has 0 saturated carbocycles. The maximum atomic E-state index is 6.58. The molecule has 0 unspecified atom stereocenters. The van der Waals surface area contributed by atoms with Crippen LogP contribution >= 0.6 is 0 Å². The van der Waals surface area contributed by atoms with Crippen molar-refractivity contribution in [2.24, 2.45) is 0 Å². The largest absolute Gasteiger partial charge is 0.455 e. The molecular formula is C50H33NO. The molecule has 0 aliphatic rings. The van der Waals surface area contributed by atoms with Crippen LogP contribution in [-0.2, 0) is 0 Å². The smallest absolute Gasteiger partial charge is 0.143 e. The molecular weight excluding hydrogens is 631 g/mol. The number of nitrogens with zero attached hydrogens (tertiary/aromatic N) is 1. The molecule has 2 heteroatoms. The van der Waals surface area contributed by atoms with Gasteiger partial charge >= 0.3 is 0 Å². The van der Waals surface area contributed by atoms with E-state index in [2.05, 4.69) is 205 Å². The molecule has 52 heavy (non-hydrogen) atoms. The van der Waals surface area contributed by atoms with Gasteiger partial charge < -0.3 is 9.32 Å². The number of hydrogen-bond acceptors (Lipinski definition) is 2. The van der Waals surface area contributed by atoms with E-state index in [1.54, 1.807) is 0 Å². The Morgan fingerprint density at radius 2 is 0.885 bits per heavy atom. The number of rotatable bonds is 6. The topological polar surface area (TPSA) is 16.4 Å². The zero-order valence-corrected chi connectivity index (χ0v) is 28.4. The molecule has 9 aromatic carbocycles. The Hall–Kier alpha value is -6.90. The van der Waals surface area contributed by atoms with Gasteiger partial charge in [0, 0.05) is 33.4 Å². The monoisotopic (exact) mass is 663 g/mol. The van der Waals surface area contributed by atoms with E-state index in [9.17, 15) is 0 Å². The lowest BCUT2D eigenvalue weighted by Gasteiger charge is -2.26. The Morgan fingerprint density at radius 1 is 0.327 bits per heavy atom. The van der Waals surface area contributed by atoms with E-state index in [4.69, 9.17) is 4.42 Å². The van der Waals surface area contributed by atoms with Gasteiger partial charge in [-0.2, -0.15) is 0 Å². The number of fused-ring (bicyclic) bond motifs is 6. The summed E-state index contributed by atoms with van der Waals surface area (Å²) in [6.45, 7) is 0. The van der Waals surface area contributed by atoms with Gasteiger partial charge in [0.05, 0.1) is 0 Å². The summed E-state index contributed by atoms with van der Waals surface area (Å²) in [5, 5.41) is 7.24. The van der Waals surface area contributed by atoms with Crippen LogP contribution in [0.1, 0.15) is 0 Å². The molecule has 0 amide bonds. The molecule has 0 bridgehead atoms. The summed E-state index contributed by atoms with van der Waals surface area (Å²) < 4.78 is 6.58.